The maximum atomic E-state index is 5.86. The highest BCUT2D eigenvalue weighted by molar-refractivity contribution is 9.10. The van der Waals surface area contributed by atoms with Crippen LogP contribution in [0.15, 0.2) is 46.9 Å². The third-order valence-corrected chi connectivity index (χ3v) is 4.06. The van der Waals surface area contributed by atoms with E-state index in [0.717, 1.165) is 16.6 Å². The van der Waals surface area contributed by atoms with E-state index in [1.807, 2.05) is 0 Å². The molecular formula is C16H17BrClN. The summed E-state index contributed by atoms with van der Waals surface area (Å²) in [7, 11) is 0. The molecule has 0 saturated heterocycles. The standard InChI is InChI=1S/C16H17BrClN/c1-3-19(14-7-4-12(2)5-8-14)16-9-6-13(11-18)10-15(16)17/h4-10H,3,11H2,1-2H3. The Bertz CT molecular complexity index is 551. The molecule has 0 amide bonds. The van der Waals surface area contributed by atoms with Gasteiger partial charge in [0.1, 0.15) is 0 Å². The van der Waals surface area contributed by atoms with Crippen LogP contribution in [-0.4, -0.2) is 6.54 Å². The van der Waals surface area contributed by atoms with Gasteiger partial charge >= 0.3 is 0 Å². The molecule has 3 heteroatoms. The third-order valence-electron chi connectivity index (χ3n) is 3.12. The Hall–Kier alpha value is -0.990. The minimum atomic E-state index is 0.537. The van der Waals surface area contributed by atoms with Gasteiger partial charge in [0, 0.05) is 22.6 Å². The molecule has 0 aromatic heterocycles. The predicted molar refractivity (Wildman–Crippen MR) is 87.6 cm³/mol. The number of alkyl halides is 1. The van der Waals surface area contributed by atoms with Crippen molar-refractivity contribution in [3.63, 3.8) is 0 Å². The topological polar surface area (TPSA) is 3.24 Å². The van der Waals surface area contributed by atoms with Gasteiger partial charge in [0.25, 0.3) is 0 Å². The molecule has 0 bridgehead atoms. The fourth-order valence-corrected chi connectivity index (χ4v) is 2.88. The van der Waals surface area contributed by atoms with Gasteiger partial charge in [0.2, 0.25) is 0 Å². The lowest BCUT2D eigenvalue weighted by Gasteiger charge is -2.25. The number of benzene rings is 2. The molecule has 0 N–H and O–H groups in total. The summed E-state index contributed by atoms with van der Waals surface area (Å²) in [5.74, 6) is 0.537. The second-order valence-electron chi connectivity index (χ2n) is 4.50. The van der Waals surface area contributed by atoms with E-state index in [2.05, 4.69) is 77.1 Å². The van der Waals surface area contributed by atoms with Crippen molar-refractivity contribution in [2.75, 3.05) is 11.4 Å². The van der Waals surface area contributed by atoms with Gasteiger partial charge in [-0.1, -0.05) is 23.8 Å². The quantitative estimate of drug-likeness (QED) is 0.651. The van der Waals surface area contributed by atoms with Crippen molar-refractivity contribution in [1.29, 1.82) is 0 Å². The molecule has 2 rings (SSSR count). The van der Waals surface area contributed by atoms with Crippen LogP contribution in [0.3, 0.4) is 0 Å². The Morgan fingerprint density at radius 2 is 1.79 bits per heavy atom. The molecule has 0 unspecified atom stereocenters. The van der Waals surface area contributed by atoms with E-state index in [4.69, 9.17) is 11.6 Å². The molecule has 2 aromatic rings. The number of hydrogen-bond acceptors (Lipinski definition) is 1. The first-order chi connectivity index (χ1) is 9.15. The van der Waals surface area contributed by atoms with E-state index in [1.54, 1.807) is 0 Å². The van der Waals surface area contributed by atoms with Crippen LogP contribution in [0.4, 0.5) is 11.4 Å². The van der Waals surface area contributed by atoms with Gasteiger partial charge in [-0.2, -0.15) is 0 Å². The summed E-state index contributed by atoms with van der Waals surface area (Å²) in [6.07, 6.45) is 0. The molecule has 2 aromatic carbocycles. The van der Waals surface area contributed by atoms with Crippen molar-refractivity contribution in [1.82, 2.24) is 0 Å². The third kappa shape index (κ3) is 3.31. The Kier molecular flexibility index (Phi) is 4.89. The normalized spacial score (nSPS) is 10.5. The monoisotopic (exact) mass is 337 g/mol. The van der Waals surface area contributed by atoms with Crippen molar-refractivity contribution in [2.24, 2.45) is 0 Å². The van der Waals surface area contributed by atoms with E-state index in [9.17, 15) is 0 Å². The van der Waals surface area contributed by atoms with Crippen LogP contribution in [0.25, 0.3) is 0 Å². The highest BCUT2D eigenvalue weighted by atomic mass is 79.9. The van der Waals surface area contributed by atoms with Gasteiger partial charge in [0.15, 0.2) is 0 Å². The molecule has 0 fully saturated rings. The first kappa shape index (κ1) is 14.4. The Labute approximate surface area is 128 Å². The van der Waals surface area contributed by atoms with Crippen molar-refractivity contribution in [3.8, 4) is 0 Å². The van der Waals surface area contributed by atoms with Gasteiger partial charge in [0.05, 0.1) is 5.69 Å². The fourth-order valence-electron chi connectivity index (χ4n) is 2.07. The predicted octanol–water partition coefficient (Wildman–Crippen LogP) is 5.65. The Balaban J connectivity index is 2.39. The molecule has 0 aliphatic heterocycles. The van der Waals surface area contributed by atoms with Crippen molar-refractivity contribution in [2.45, 2.75) is 19.7 Å². The van der Waals surface area contributed by atoms with Gasteiger partial charge in [-0.15, -0.1) is 11.6 Å². The van der Waals surface area contributed by atoms with Crippen LogP contribution >= 0.6 is 27.5 Å². The van der Waals surface area contributed by atoms with Crippen molar-refractivity contribution in [3.05, 3.63) is 58.1 Å². The summed E-state index contributed by atoms with van der Waals surface area (Å²) >= 11 is 9.51. The van der Waals surface area contributed by atoms with Crippen LogP contribution in [-0.2, 0) is 5.88 Å². The second kappa shape index (κ2) is 6.44. The summed E-state index contributed by atoms with van der Waals surface area (Å²) in [6, 6.07) is 14.9. The number of hydrogen-bond donors (Lipinski definition) is 0. The maximum Gasteiger partial charge on any atom is 0.0555 e. The van der Waals surface area contributed by atoms with E-state index in [-0.39, 0.29) is 0 Å². The molecule has 0 atom stereocenters. The zero-order chi connectivity index (χ0) is 13.8. The first-order valence-electron chi connectivity index (χ1n) is 6.34. The number of anilines is 2. The summed E-state index contributed by atoms with van der Waals surface area (Å²) in [5.41, 5.74) is 4.77. The zero-order valence-electron chi connectivity index (χ0n) is 11.2. The number of aryl methyl sites for hydroxylation is 1. The van der Waals surface area contributed by atoms with Gasteiger partial charge in [-0.05, 0) is 59.6 Å². The molecule has 0 saturated carbocycles. The molecule has 19 heavy (non-hydrogen) atoms. The summed E-state index contributed by atoms with van der Waals surface area (Å²) in [6.45, 7) is 5.18. The SMILES string of the molecule is CCN(c1ccc(C)cc1)c1ccc(CCl)cc1Br. The van der Waals surface area contributed by atoms with E-state index < -0.39 is 0 Å². The average molecular weight is 339 g/mol. The van der Waals surface area contributed by atoms with Gasteiger partial charge in [-0.25, -0.2) is 0 Å². The smallest absolute Gasteiger partial charge is 0.0555 e. The molecule has 0 aliphatic rings. The number of halogens is 2. The largest absolute Gasteiger partial charge is 0.341 e. The van der Waals surface area contributed by atoms with E-state index in [1.165, 1.54) is 16.9 Å². The Morgan fingerprint density at radius 3 is 2.32 bits per heavy atom. The van der Waals surface area contributed by atoms with Crippen LogP contribution in [0.2, 0.25) is 0 Å². The molecule has 0 radical (unpaired) electrons. The molecule has 0 heterocycles. The number of nitrogens with zero attached hydrogens (tertiary/aromatic N) is 1. The molecular weight excluding hydrogens is 322 g/mol. The van der Waals surface area contributed by atoms with Crippen LogP contribution in [0, 0.1) is 6.92 Å². The first-order valence-corrected chi connectivity index (χ1v) is 7.67. The highest BCUT2D eigenvalue weighted by Gasteiger charge is 2.10. The lowest BCUT2D eigenvalue weighted by Crippen LogP contribution is -2.16. The summed E-state index contributed by atoms with van der Waals surface area (Å²) in [4.78, 5) is 2.28. The van der Waals surface area contributed by atoms with E-state index in [0.29, 0.717) is 5.88 Å². The lowest BCUT2D eigenvalue weighted by molar-refractivity contribution is 1.02. The average Bonchev–Trinajstić information content (AvgIpc) is 2.43. The molecule has 0 aliphatic carbocycles. The Morgan fingerprint density at radius 1 is 1.11 bits per heavy atom. The minimum absolute atomic E-state index is 0.537. The van der Waals surface area contributed by atoms with Crippen LogP contribution < -0.4 is 4.90 Å². The van der Waals surface area contributed by atoms with Crippen molar-refractivity contribution < 1.29 is 0 Å². The molecule has 1 nitrogen and oxygen atoms in total. The van der Waals surface area contributed by atoms with E-state index >= 15 is 0 Å². The number of rotatable bonds is 4. The zero-order valence-corrected chi connectivity index (χ0v) is 13.5. The summed E-state index contributed by atoms with van der Waals surface area (Å²) < 4.78 is 1.08. The van der Waals surface area contributed by atoms with Gasteiger partial charge < -0.3 is 4.90 Å². The fraction of sp³-hybridized carbons (Fsp3) is 0.250. The lowest BCUT2D eigenvalue weighted by atomic mass is 10.1. The molecule has 0 spiro atoms. The highest BCUT2D eigenvalue weighted by Crippen LogP contribution is 2.33. The maximum absolute atomic E-state index is 5.86. The van der Waals surface area contributed by atoms with Crippen LogP contribution in [0.5, 0.6) is 0 Å². The minimum Gasteiger partial charge on any atom is -0.341 e. The van der Waals surface area contributed by atoms with Crippen LogP contribution in [0.1, 0.15) is 18.1 Å². The molecule has 100 valence electrons. The summed E-state index contributed by atoms with van der Waals surface area (Å²) in [5, 5.41) is 0. The van der Waals surface area contributed by atoms with Gasteiger partial charge in [-0.3, -0.25) is 0 Å². The second-order valence-corrected chi connectivity index (χ2v) is 5.62. The van der Waals surface area contributed by atoms with Crippen molar-refractivity contribution >= 4 is 38.9 Å².